The van der Waals surface area contributed by atoms with Crippen molar-refractivity contribution < 1.29 is 9.59 Å². The van der Waals surface area contributed by atoms with E-state index in [1.54, 1.807) is 6.07 Å². The molecule has 1 aromatic carbocycles. The zero-order valence-corrected chi connectivity index (χ0v) is 11.0. The summed E-state index contributed by atoms with van der Waals surface area (Å²) >= 11 is 0. The van der Waals surface area contributed by atoms with E-state index < -0.39 is 0 Å². The molecule has 1 unspecified atom stereocenters. The maximum atomic E-state index is 11.9. The summed E-state index contributed by atoms with van der Waals surface area (Å²) < 4.78 is 0. The first-order valence-electron chi connectivity index (χ1n) is 6.54. The number of aryl methyl sites for hydroxylation is 1. The normalized spacial score (nSPS) is 15.4. The van der Waals surface area contributed by atoms with E-state index in [1.165, 1.54) is 0 Å². The molecule has 0 fully saturated rings. The van der Waals surface area contributed by atoms with Gasteiger partial charge < -0.3 is 16.4 Å². The summed E-state index contributed by atoms with van der Waals surface area (Å²) in [5.74, 6) is -0.0770. The Kier molecular flexibility index (Phi) is 4.16. The molecule has 1 atom stereocenters. The minimum Gasteiger partial charge on any atom is -0.330 e. The van der Waals surface area contributed by atoms with Crippen molar-refractivity contribution in [2.45, 2.75) is 26.2 Å². The van der Waals surface area contributed by atoms with Crippen LogP contribution in [0.15, 0.2) is 18.2 Å². The second kappa shape index (κ2) is 5.84. The number of rotatable bonds is 4. The minimum absolute atomic E-state index is 0.0229. The third kappa shape index (κ3) is 3.32. The second-order valence-electron chi connectivity index (χ2n) is 4.89. The highest BCUT2D eigenvalue weighted by atomic mass is 16.2. The maximum Gasteiger partial charge on any atom is 0.227 e. The molecule has 5 nitrogen and oxygen atoms in total. The van der Waals surface area contributed by atoms with Gasteiger partial charge in [0.15, 0.2) is 0 Å². The lowest BCUT2D eigenvalue weighted by Crippen LogP contribution is -2.23. The number of anilines is 2. The molecule has 0 aliphatic carbocycles. The molecule has 2 amide bonds. The highest BCUT2D eigenvalue weighted by Gasteiger charge is 2.16. The standard InChI is InChI=1S/C14H19N3O2/c1-9(6-7-15)14(19)16-11-3-4-12-10(8-11)2-5-13(18)17-12/h3-4,8-9H,2,5-7,15H2,1H3,(H,16,19)(H,17,18). The number of fused-ring (bicyclic) bond motifs is 1. The summed E-state index contributed by atoms with van der Waals surface area (Å²) in [5.41, 5.74) is 8.11. The lowest BCUT2D eigenvalue weighted by molar-refractivity contribution is -0.119. The zero-order valence-electron chi connectivity index (χ0n) is 11.0. The smallest absolute Gasteiger partial charge is 0.227 e. The van der Waals surface area contributed by atoms with Crippen LogP contribution in [0.3, 0.4) is 0 Å². The Labute approximate surface area is 112 Å². The van der Waals surface area contributed by atoms with Crippen LogP contribution in [0.4, 0.5) is 11.4 Å². The highest BCUT2D eigenvalue weighted by Crippen LogP contribution is 2.25. The van der Waals surface area contributed by atoms with Crippen molar-refractivity contribution in [3.05, 3.63) is 23.8 Å². The molecule has 0 aromatic heterocycles. The third-order valence-electron chi connectivity index (χ3n) is 3.32. The summed E-state index contributed by atoms with van der Waals surface area (Å²) in [4.78, 5) is 23.1. The topological polar surface area (TPSA) is 84.2 Å². The van der Waals surface area contributed by atoms with Gasteiger partial charge in [-0.2, -0.15) is 0 Å². The summed E-state index contributed by atoms with van der Waals surface area (Å²) in [7, 11) is 0. The fourth-order valence-electron chi connectivity index (χ4n) is 2.11. The number of amides is 2. The molecule has 4 N–H and O–H groups in total. The van der Waals surface area contributed by atoms with Crippen LogP contribution in [0.1, 0.15) is 25.3 Å². The first-order valence-corrected chi connectivity index (χ1v) is 6.54. The van der Waals surface area contributed by atoms with E-state index in [2.05, 4.69) is 10.6 Å². The Morgan fingerprint density at radius 2 is 2.26 bits per heavy atom. The van der Waals surface area contributed by atoms with Crippen LogP contribution >= 0.6 is 0 Å². The highest BCUT2D eigenvalue weighted by molar-refractivity contribution is 5.96. The van der Waals surface area contributed by atoms with Crippen molar-refractivity contribution in [1.29, 1.82) is 0 Å². The molecule has 0 radical (unpaired) electrons. The maximum absolute atomic E-state index is 11.9. The lowest BCUT2D eigenvalue weighted by Gasteiger charge is -2.18. The van der Waals surface area contributed by atoms with Crippen molar-refractivity contribution in [3.63, 3.8) is 0 Å². The van der Waals surface area contributed by atoms with Gasteiger partial charge in [-0.25, -0.2) is 0 Å². The number of nitrogens with two attached hydrogens (primary N) is 1. The number of carbonyl (C=O) groups excluding carboxylic acids is 2. The first kappa shape index (κ1) is 13.5. The third-order valence-corrected chi connectivity index (χ3v) is 3.32. The minimum atomic E-state index is -0.0965. The van der Waals surface area contributed by atoms with Crippen LogP contribution in [-0.4, -0.2) is 18.4 Å². The summed E-state index contributed by atoms with van der Waals surface area (Å²) in [6.07, 6.45) is 1.88. The molecule has 19 heavy (non-hydrogen) atoms. The second-order valence-corrected chi connectivity index (χ2v) is 4.89. The predicted octanol–water partition coefficient (Wildman–Crippen LogP) is 1.49. The predicted molar refractivity (Wildman–Crippen MR) is 74.9 cm³/mol. The van der Waals surface area contributed by atoms with Gasteiger partial charge in [-0.05, 0) is 43.1 Å². The van der Waals surface area contributed by atoms with Gasteiger partial charge in [-0.1, -0.05) is 6.92 Å². The fourth-order valence-corrected chi connectivity index (χ4v) is 2.11. The molecular weight excluding hydrogens is 242 g/mol. The molecular formula is C14H19N3O2. The van der Waals surface area contributed by atoms with Crippen LogP contribution in [0.5, 0.6) is 0 Å². The van der Waals surface area contributed by atoms with Gasteiger partial charge in [-0.3, -0.25) is 9.59 Å². The van der Waals surface area contributed by atoms with Gasteiger partial charge >= 0.3 is 0 Å². The Morgan fingerprint density at radius 3 is 3.00 bits per heavy atom. The Balaban J connectivity index is 2.06. The number of nitrogens with one attached hydrogen (secondary N) is 2. The van der Waals surface area contributed by atoms with Crippen LogP contribution in [-0.2, 0) is 16.0 Å². The van der Waals surface area contributed by atoms with E-state index >= 15 is 0 Å². The average Bonchev–Trinajstić information content (AvgIpc) is 2.39. The Morgan fingerprint density at radius 1 is 1.47 bits per heavy atom. The van der Waals surface area contributed by atoms with Crippen molar-refractivity contribution in [2.75, 3.05) is 17.2 Å². The number of benzene rings is 1. The first-order chi connectivity index (χ1) is 9.10. The molecule has 1 aliphatic heterocycles. The Bertz CT molecular complexity index is 499. The van der Waals surface area contributed by atoms with Crippen molar-refractivity contribution in [3.8, 4) is 0 Å². The van der Waals surface area contributed by atoms with Crippen molar-refractivity contribution in [2.24, 2.45) is 11.7 Å². The van der Waals surface area contributed by atoms with Crippen LogP contribution < -0.4 is 16.4 Å². The van der Waals surface area contributed by atoms with Gasteiger partial charge in [0.05, 0.1) is 0 Å². The molecule has 1 aromatic rings. The number of hydrogen-bond donors (Lipinski definition) is 3. The molecule has 0 saturated heterocycles. The van der Waals surface area contributed by atoms with E-state index in [0.29, 0.717) is 25.8 Å². The molecule has 0 saturated carbocycles. The Hall–Kier alpha value is -1.88. The monoisotopic (exact) mass is 261 g/mol. The molecule has 0 bridgehead atoms. The SMILES string of the molecule is CC(CCN)C(=O)Nc1ccc2c(c1)CCC(=O)N2. The fraction of sp³-hybridized carbons (Fsp3) is 0.429. The number of carbonyl (C=O) groups is 2. The van der Waals surface area contributed by atoms with E-state index in [1.807, 2.05) is 19.1 Å². The molecule has 102 valence electrons. The van der Waals surface area contributed by atoms with E-state index in [4.69, 9.17) is 5.73 Å². The van der Waals surface area contributed by atoms with E-state index in [9.17, 15) is 9.59 Å². The zero-order chi connectivity index (χ0) is 13.8. The van der Waals surface area contributed by atoms with Crippen LogP contribution in [0, 0.1) is 5.92 Å². The van der Waals surface area contributed by atoms with Gasteiger partial charge in [0.2, 0.25) is 11.8 Å². The van der Waals surface area contributed by atoms with Gasteiger partial charge in [0, 0.05) is 23.7 Å². The lowest BCUT2D eigenvalue weighted by atomic mass is 10.0. The van der Waals surface area contributed by atoms with E-state index in [-0.39, 0.29) is 17.7 Å². The summed E-state index contributed by atoms with van der Waals surface area (Å²) in [6, 6.07) is 5.55. The largest absolute Gasteiger partial charge is 0.330 e. The quantitative estimate of drug-likeness (QED) is 0.767. The number of hydrogen-bond acceptors (Lipinski definition) is 3. The van der Waals surface area contributed by atoms with Crippen molar-refractivity contribution in [1.82, 2.24) is 0 Å². The molecule has 5 heteroatoms. The van der Waals surface area contributed by atoms with Gasteiger partial charge in [-0.15, -0.1) is 0 Å². The molecule has 2 rings (SSSR count). The summed E-state index contributed by atoms with van der Waals surface area (Å²) in [5, 5.41) is 5.70. The van der Waals surface area contributed by atoms with Crippen LogP contribution in [0.2, 0.25) is 0 Å². The molecule has 1 aliphatic rings. The van der Waals surface area contributed by atoms with Gasteiger partial charge in [0.25, 0.3) is 0 Å². The van der Waals surface area contributed by atoms with Crippen LogP contribution in [0.25, 0.3) is 0 Å². The summed E-state index contributed by atoms with van der Waals surface area (Å²) in [6.45, 7) is 2.37. The molecule has 1 heterocycles. The van der Waals surface area contributed by atoms with E-state index in [0.717, 1.165) is 16.9 Å². The molecule has 0 spiro atoms. The average molecular weight is 261 g/mol. The van der Waals surface area contributed by atoms with Crippen molar-refractivity contribution >= 4 is 23.2 Å². The van der Waals surface area contributed by atoms with Gasteiger partial charge in [0.1, 0.15) is 0 Å².